The van der Waals surface area contributed by atoms with E-state index in [9.17, 15) is 0 Å². The number of nitrogens with zero attached hydrogens (tertiary/aromatic N) is 1. The lowest BCUT2D eigenvalue weighted by atomic mass is 10.2. The van der Waals surface area contributed by atoms with Gasteiger partial charge in [-0.15, -0.1) is 11.3 Å². The molecule has 0 amide bonds. The number of rotatable bonds is 5. The molecule has 2 heterocycles. The van der Waals surface area contributed by atoms with Crippen LogP contribution in [0.4, 0.5) is 0 Å². The van der Waals surface area contributed by atoms with Gasteiger partial charge in [-0.3, -0.25) is 0 Å². The first kappa shape index (κ1) is 14.0. The lowest BCUT2D eigenvalue weighted by Gasteiger charge is -2.09. The van der Waals surface area contributed by atoms with Gasteiger partial charge in [-0.25, -0.2) is 4.98 Å². The molecule has 0 spiro atoms. The predicted octanol–water partition coefficient (Wildman–Crippen LogP) is 3.73. The molecule has 1 saturated heterocycles. The van der Waals surface area contributed by atoms with Crippen LogP contribution in [0.25, 0.3) is 10.4 Å². The van der Waals surface area contributed by atoms with E-state index in [0.717, 1.165) is 35.3 Å². The van der Waals surface area contributed by atoms with Gasteiger partial charge in [0.15, 0.2) is 0 Å². The van der Waals surface area contributed by atoms with Crippen LogP contribution in [-0.4, -0.2) is 24.2 Å². The highest BCUT2D eigenvalue weighted by Gasteiger charge is 2.14. The van der Waals surface area contributed by atoms with Crippen molar-refractivity contribution in [1.82, 2.24) is 10.3 Å². The van der Waals surface area contributed by atoms with Gasteiger partial charge in [0.1, 0.15) is 5.01 Å². The van der Waals surface area contributed by atoms with Gasteiger partial charge in [-0.2, -0.15) is 0 Å². The number of hydrogen-bond donors (Lipinski definition) is 1. The van der Waals surface area contributed by atoms with Crippen molar-refractivity contribution in [2.75, 3.05) is 13.2 Å². The Bertz CT molecular complexity index is 549. The maximum atomic E-state index is 5.90. The first-order chi connectivity index (χ1) is 9.81. The van der Waals surface area contributed by atoms with Gasteiger partial charge in [-0.05, 0) is 30.5 Å². The summed E-state index contributed by atoms with van der Waals surface area (Å²) in [6.07, 6.45) is 4.66. The molecule has 1 unspecified atom stereocenters. The first-order valence-corrected chi connectivity index (χ1v) is 8.04. The van der Waals surface area contributed by atoms with Crippen molar-refractivity contribution in [2.24, 2.45) is 0 Å². The summed E-state index contributed by atoms with van der Waals surface area (Å²) in [5.74, 6) is 0. The largest absolute Gasteiger partial charge is 0.377 e. The van der Waals surface area contributed by atoms with E-state index >= 15 is 0 Å². The SMILES string of the molecule is Clc1ccc(-c2cnc(CNCC3CCCO3)s2)cc1. The topological polar surface area (TPSA) is 34.2 Å². The molecule has 1 N–H and O–H groups in total. The molecule has 0 radical (unpaired) electrons. The van der Waals surface area contributed by atoms with Crippen LogP contribution in [-0.2, 0) is 11.3 Å². The first-order valence-electron chi connectivity index (χ1n) is 6.84. The van der Waals surface area contributed by atoms with Crippen LogP contribution in [0.3, 0.4) is 0 Å². The lowest BCUT2D eigenvalue weighted by Crippen LogP contribution is -2.25. The zero-order valence-electron chi connectivity index (χ0n) is 11.1. The zero-order chi connectivity index (χ0) is 13.8. The minimum atomic E-state index is 0.380. The van der Waals surface area contributed by atoms with Crippen LogP contribution in [0.2, 0.25) is 5.02 Å². The number of halogens is 1. The van der Waals surface area contributed by atoms with Crippen molar-refractivity contribution >= 4 is 22.9 Å². The summed E-state index contributed by atoms with van der Waals surface area (Å²) in [4.78, 5) is 5.64. The van der Waals surface area contributed by atoms with Gasteiger partial charge in [0, 0.05) is 30.9 Å². The number of hydrogen-bond acceptors (Lipinski definition) is 4. The van der Waals surface area contributed by atoms with Gasteiger partial charge in [0.05, 0.1) is 11.0 Å². The summed E-state index contributed by atoms with van der Waals surface area (Å²) in [5.41, 5.74) is 1.16. The van der Waals surface area contributed by atoms with Crippen molar-refractivity contribution in [3.05, 3.63) is 40.5 Å². The Balaban J connectivity index is 1.55. The Hall–Kier alpha value is -0.940. The zero-order valence-corrected chi connectivity index (χ0v) is 12.7. The Morgan fingerprint density at radius 1 is 1.35 bits per heavy atom. The maximum absolute atomic E-state index is 5.90. The molecule has 0 saturated carbocycles. The molecule has 20 heavy (non-hydrogen) atoms. The molecule has 0 aliphatic carbocycles. The fourth-order valence-corrected chi connectivity index (χ4v) is 3.30. The van der Waals surface area contributed by atoms with E-state index in [1.54, 1.807) is 11.3 Å². The van der Waals surface area contributed by atoms with Gasteiger partial charge in [0.2, 0.25) is 0 Å². The third-order valence-electron chi connectivity index (χ3n) is 3.35. The molecule has 1 atom stereocenters. The smallest absolute Gasteiger partial charge is 0.107 e. The maximum Gasteiger partial charge on any atom is 0.107 e. The monoisotopic (exact) mass is 308 g/mol. The fourth-order valence-electron chi connectivity index (χ4n) is 2.29. The highest BCUT2D eigenvalue weighted by molar-refractivity contribution is 7.15. The van der Waals surface area contributed by atoms with E-state index in [2.05, 4.69) is 10.3 Å². The Kier molecular flexibility index (Phi) is 4.68. The molecule has 1 fully saturated rings. The quantitative estimate of drug-likeness (QED) is 0.914. The summed E-state index contributed by atoms with van der Waals surface area (Å²) < 4.78 is 5.58. The van der Waals surface area contributed by atoms with Crippen LogP contribution < -0.4 is 5.32 Å². The van der Waals surface area contributed by atoms with Crippen LogP contribution in [0.15, 0.2) is 30.5 Å². The predicted molar refractivity (Wildman–Crippen MR) is 83.2 cm³/mol. The van der Waals surface area contributed by atoms with Crippen LogP contribution >= 0.6 is 22.9 Å². The Morgan fingerprint density at radius 3 is 2.95 bits per heavy atom. The minimum Gasteiger partial charge on any atom is -0.377 e. The molecule has 1 aliphatic heterocycles. The van der Waals surface area contributed by atoms with E-state index < -0.39 is 0 Å². The Labute approximate surface area is 127 Å². The minimum absolute atomic E-state index is 0.380. The fraction of sp³-hybridized carbons (Fsp3) is 0.400. The van der Waals surface area contributed by atoms with Crippen molar-refractivity contribution in [2.45, 2.75) is 25.5 Å². The molecule has 1 aliphatic rings. The highest BCUT2D eigenvalue weighted by Crippen LogP contribution is 2.27. The van der Waals surface area contributed by atoms with Crippen LogP contribution in [0.1, 0.15) is 17.8 Å². The third-order valence-corrected chi connectivity index (χ3v) is 4.65. The second kappa shape index (κ2) is 6.68. The average Bonchev–Trinajstić information content (AvgIpc) is 3.11. The summed E-state index contributed by atoms with van der Waals surface area (Å²) in [7, 11) is 0. The summed E-state index contributed by atoms with van der Waals surface area (Å²) >= 11 is 7.62. The van der Waals surface area contributed by atoms with Gasteiger partial charge in [0.25, 0.3) is 0 Å². The second-order valence-corrected chi connectivity index (χ2v) is 6.44. The third kappa shape index (κ3) is 3.58. The van der Waals surface area contributed by atoms with E-state index in [4.69, 9.17) is 16.3 Å². The molecule has 1 aromatic carbocycles. The van der Waals surface area contributed by atoms with E-state index in [1.807, 2.05) is 30.5 Å². The Morgan fingerprint density at radius 2 is 2.20 bits per heavy atom. The number of aromatic nitrogens is 1. The summed E-state index contributed by atoms with van der Waals surface area (Å²) in [6.45, 7) is 2.62. The summed E-state index contributed by atoms with van der Waals surface area (Å²) in [6, 6.07) is 7.87. The second-order valence-electron chi connectivity index (χ2n) is 4.89. The molecule has 5 heteroatoms. The lowest BCUT2D eigenvalue weighted by molar-refractivity contribution is 0.110. The van der Waals surface area contributed by atoms with E-state index in [-0.39, 0.29) is 0 Å². The number of ether oxygens (including phenoxy) is 1. The van der Waals surface area contributed by atoms with E-state index in [0.29, 0.717) is 6.10 Å². The van der Waals surface area contributed by atoms with Gasteiger partial charge in [-0.1, -0.05) is 23.7 Å². The van der Waals surface area contributed by atoms with Crippen molar-refractivity contribution in [3.63, 3.8) is 0 Å². The molecule has 2 aromatic rings. The van der Waals surface area contributed by atoms with Crippen molar-refractivity contribution in [3.8, 4) is 10.4 Å². The van der Waals surface area contributed by atoms with E-state index in [1.165, 1.54) is 17.7 Å². The van der Waals surface area contributed by atoms with Crippen molar-refractivity contribution in [1.29, 1.82) is 0 Å². The van der Waals surface area contributed by atoms with Gasteiger partial charge < -0.3 is 10.1 Å². The highest BCUT2D eigenvalue weighted by atomic mass is 35.5. The van der Waals surface area contributed by atoms with Crippen LogP contribution in [0.5, 0.6) is 0 Å². The molecule has 106 valence electrons. The van der Waals surface area contributed by atoms with Crippen LogP contribution in [0, 0.1) is 0 Å². The van der Waals surface area contributed by atoms with Gasteiger partial charge >= 0.3 is 0 Å². The number of thiazole rings is 1. The normalized spacial score (nSPS) is 18.6. The molecular weight excluding hydrogens is 292 g/mol. The summed E-state index contributed by atoms with van der Waals surface area (Å²) in [5, 5.41) is 5.28. The van der Waals surface area contributed by atoms with Crippen molar-refractivity contribution < 1.29 is 4.74 Å². The number of nitrogens with one attached hydrogen (secondary N) is 1. The molecule has 0 bridgehead atoms. The molecular formula is C15H17ClN2OS. The number of benzene rings is 1. The molecule has 3 nitrogen and oxygen atoms in total. The molecule has 3 rings (SSSR count). The molecule has 1 aromatic heterocycles. The standard InChI is InChI=1S/C15H17ClN2OS/c16-12-5-3-11(4-6-12)14-9-18-15(20-14)10-17-8-13-2-1-7-19-13/h3-6,9,13,17H,1-2,7-8,10H2. The average molecular weight is 309 g/mol.